The van der Waals surface area contributed by atoms with E-state index in [4.69, 9.17) is 5.11 Å². The van der Waals surface area contributed by atoms with E-state index in [1.165, 1.54) is 18.7 Å². The summed E-state index contributed by atoms with van der Waals surface area (Å²) in [5.74, 6) is 2.20. The zero-order valence-electron chi connectivity index (χ0n) is 8.84. The van der Waals surface area contributed by atoms with Crippen LogP contribution < -0.4 is 0 Å². The first-order valence-electron chi connectivity index (χ1n) is 5.75. The summed E-state index contributed by atoms with van der Waals surface area (Å²) < 4.78 is 0. The molecule has 2 fully saturated rings. The molecule has 0 spiro atoms. The monoisotopic (exact) mass is 203 g/mol. The fourth-order valence-corrected chi connectivity index (χ4v) is 2.98. The summed E-state index contributed by atoms with van der Waals surface area (Å²) in [6.45, 7) is 3.84. The third-order valence-electron chi connectivity index (χ3n) is 3.91. The summed E-state index contributed by atoms with van der Waals surface area (Å²) in [5.41, 5.74) is 1.40. The number of benzene rings is 1. The first-order valence-corrected chi connectivity index (χ1v) is 5.75. The van der Waals surface area contributed by atoms with Crippen LogP contribution in [0.1, 0.15) is 5.56 Å². The Labute approximate surface area is 90.5 Å². The molecule has 80 valence electrons. The predicted octanol–water partition coefficient (Wildman–Crippen LogP) is 1.36. The zero-order valence-corrected chi connectivity index (χ0v) is 8.84. The van der Waals surface area contributed by atoms with Gasteiger partial charge in [0.1, 0.15) is 0 Å². The molecule has 0 unspecified atom stereocenters. The third kappa shape index (κ3) is 1.68. The van der Waals surface area contributed by atoms with Gasteiger partial charge in [0, 0.05) is 26.2 Å². The Balaban J connectivity index is 1.56. The molecule has 2 atom stereocenters. The molecule has 1 aromatic carbocycles. The Morgan fingerprint density at radius 1 is 1.13 bits per heavy atom. The predicted molar refractivity (Wildman–Crippen MR) is 59.3 cm³/mol. The maximum absolute atomic E-state index is 9.07. The van der Waals surface area contributed by atoms with Crippen LogP contribution in [0.4, 0.5) is 0 Å². The van der Waals surface area contributed by atoms with Crippen molar-refractivity contribution in [1.82, 2.24) is 4.90 Å². The number of fused-ring (bicyclic) bond motifs is 1. The Bertz CT molecular complexity index is 326. The van der Waals surface area contributed by atoms with Gasteiger partial charge >= 0.3 is 0 Å². The number of hydrogen-bond acceptors (Lipinski definition) is 2. The number of hydrogen-bond donors (Lipinski definition) is 1. The van der Waals surface area contributed by atoms with Crippen molar-refractivity contribution in [2.24, 2.45) is 17.8 Å². The summed E-state index contributed by atoms with van der Waals surface area (Å²) in [7, 11) is 0. The Hall–Kier alpha value is -0.860. The maximum atomic E-state index is 9.07. The van der Waals surface area contributed by atoms with Crippen LogP contribution in [0, 0.1) is 17.8 Å². The molecule has 0 bridgehead atoms. The second-order valence-corrected chi connectivity index (χ2v) is 4.85. The molecular weight excluding hydrogens is 186 g/mol. The molecule has 3 rings (SSSR count). The molecule has 1 saturated carbocycles. The van der Waals surface area contributed by atoms with Gasteiger partial charge in [0.15, 0.2) is 0 Å². The summed E-state index contributed by atoms with van der Waals surface area (Å²) in [6.07, 6.45) is 0. The van der Waals surface area contributed by atoms with Crippen LogP contribution in [-0.2, 0) is 6.54 Å². The van der Waals surface area contributed by atoms with Gasteiger partial charge in [0.2, 0.25) is 0 Å². The first kappa shape index (κ1) is 9.37. The second kappa shape index (κ2) is 3.62. The molecular formula is C13H17NO. The van der Waals surface area contributed by atoms with Crippen molar-refractivity contribution >= 4 is 0 Å². The fourth-order valence-electron chi connectivity index (χ4n) is 2.98. The first-order chi connectivity index (χ1) is 7.38. The maximum Gasteiger partial charge on any atom is 0.0465 e. The summed E-state index contributed by atoms with van der Waals surface area (Å²) in [4.78, 5) is 2.51. The molecule has 1 aromatic rings. The van der Waals surface area contributed by atoms with Crippen molar-refractivity contribution in [1.29, 1.82) is 0 Å². The van der Waals surface area contributed by atoms with Crippen molar-refractivity contribution in [2.75, 3.05) is 19.7 Å². The molecule has 1 heterocycles. The van der Waals surface area contributed by atoms with Gasteiger partial charge in [-0.2, -0.15) is 0 Å². The van der Waals surface area contributed by atoms with E-state index in [1.807, 2.05) is 0 Å². The van der Waals surface area contributed by atoms with E-state index in [9.17, 15) is 0 Å². The number of likely N-dealkylation sites (tertiary alicyclic amines) is 1. The van der Waals surface area contributed by atoms with Gasteiger partial charge in [-0.15, -0.1) is 0 Å². The van der Waals surface area contributed by atoms with Crippen LogP contribution in [0.25, 0.3) is 0 Å². The molecule has 0 radical (unpaired) electrons. The molecule has 2 nitrogen and oxygen atoms in total. The van der Waals surface area contributed by atoms with Crippen molar-refractivity contribution < 1.29 is 5.11 Å². The van der Waals surface area contributed by atoms with Crippen LogP contribution in [0.5, 0.6) is 0 Å². The van der Waals surface area contributed by atoms with Crippen molar-refractivity contribution in [2.45, 2.75) is 6.54 Å². The van der Waals surface area contributed by atoms with E-state index in [0.717, 1.165) is 18.4 Å². The van der Waals surface area contributed by atoms with Gasteiger partial charge in [-0.25, -0.2) is 0 Å². The smallest absolute Gasteiger partial charge is 0.0465 e. The summed E-state index contributed by atoms with van der Waals surface area (Å²) >= 11 is 0. The second-order valence-electron chi connectivity index (χ2n) is 4.85. The van der Waals surface area contributed by atoms with Crippen LogP contribution >= 0.6 is 0 Å². The Kier molecular flexibility index (Phi) is 2.26. The standard InChI is InChI=1S/C13H17NO/c15-9-13-11-7-14(8-12(11)13)6-10-4-2-1-3-5-10/h1-5,11-13,15H,6-9H2/t11-,12-/m0/s1. The molecule has 2 aliphatic rings. The summed E-state index contributed by atoms with van der Waals surface area (Å²) in [5, 5.41) is 9.07. The van der Waals surface area contributed by atoms with Gasteiger partial charge in [0.05, 0.1) is 0 Å². The van der Waals surface area contributed by atoms with Crippen LogP contribution in [0.2, 0.25) is 0 Å². The number of nitrogens with zero attached hydrogens (tertiary/aromatic N) is 1. The van der Waals surface area contributed by atoms with Gasteiger partial charge in [-0.05, 0) is 23.3 Å². The average molecular weight is 203 g/mol. The highest BCUT2D eigenvalue weighted by molar-refractivity contribution is 5.15. The van der Waals surface area contributed by atoms with Gasteiger partial charge < -0.3 is 5.11 Å². The average Bonchev–Trinajstić information content (AvgIpc) is 2.75. The normalized spacial score (nSPS) is 34.1. The number of aliphatic hydroxyl groups is 1. The van der Waals surface area contributed by atoms with E-state index in [0.29, 0.717) is 12.5 Å². The highest BCUT2D eigenvalue weighted by Crippen LogP contribution is 2.51. The van der Waals surface area contributed by atoms with Crippen LogP contribution in [0.3, 0.4) is 0 Å². The highest BCUT2D eigenvalue weighted by atomic mass is 16.3. The minimum atomic E-state index is 0.397. The molecule has 0 amide bonds. The van der Waals surface area contributed by atoms with Crippen molar-refractivity contribution in [3.63, 3.8) is 0 Å². The van der Waals surface area contributed by atoms with Gasteiger partial charge in [-0.1, -0.05) is 30.3 Å². The van der Waals surface area contributed by atoms with Crippen LogP contribution in [0.15, 0.2) is 30.3 Å². The lowest BCUT2D eigenvalue weighted by Gasteiger charge is -2.18. The SMILES string of the molecule is OCC1[C@H]2CN(Cc3ccccc3)C[C@H]12. The number of aliphatic hydroxyl groups excluding tert-OH is 1. The largest absolute Gasteiger partial charge is 0.396 e. The number of piperidine rings is 1. The van der Waals surface area contributed by atoms with Gasteiger partial charge in [-0.3, -0.25) is 4.90 Å². The fraction of sp³-hybridized carbons (Fsp3) is 0.538. The minimum absolute atomic E-state index is 0.397. The molecule has 1 aliphatic heterocycles. The topological polar surface area (TPSA) is 23.5 Å². The summed E-state index contributed by atoms with van der Waals surface area (Å²) in [6, 6.07) is 10.6. The Morgan fingerprint density at radius 2 is 1.80 bits per heavy atom. The lowest BCUT2D eigenvalue weighted by atomic mass is 10.2. The van der Waals surface area contributed by atoms with Gasteiger partial charge in [0.25, 0.3) is 0 Å². The lowest BCUT2D eigenvalue weighted by molar-refractivity contribution is 0.217. The van der Waals surface area contributed by atoms with Crippen molar-refractivity contribution in [3.8, 4) is 0 Å². The molecule has 1 aliphatic carbocycles. The quantitative estimate of drug-likeness (QED) is 0.801. The molecule has 2 heteroatoms. The van der Waals surface area contributed by atoms with E-state index in [2.05, 4.69) is 35.2 Å². The van der Waals surface area contributed by atoms with E-state index in [1.54, 1.807) is 0 Å². The van der Waals surface area contributed by atoms with E-state index < -0.39 is 0 Å². The number of rotatable bonds is 3. The lowest BCUT2D eigenvalue weighted by Crippen LogP contribution is -2.24. The Morgan fingerprint density at radius 3 is 2.40 bits per heavy atom. The highest BCUT2D eigenvalue weighted by Gasteiger charge is 2.54. The van der Waals surface area contributed by atoms with Crippen LogP contribution in [-0.4, -0.2) is 29.7 Å². The molecule has 1 saturated heterocycles. The third-order valence-corrected chi connectivity index (χ3v) is 3.91. The molecule has 0 aromatic heterocycles. The van der Waals surface area contributed by atoms with Crippen molar-refractivity contribution in [3.05, 3.63) is 35.9 Å². The minimum Gasteiger partial charge on any atom is -0.396 e. The van der Waals surface area contributed by atoms with E-state index in [-0.39, 0.29) is 0 Å². The van der Waals surface area contributed by atoms with E-state index >= 15 is 0 Å². The molecule has 15 heavy (non-hydrogen) atoms. The zero-order chi connectivity index (χ0) is 10.3. The molecule has 1 N–H and O–H groups in total.